The highest BCUT2D eigenvalue weighted by atomic mass is 19.4. The lowest BCUT2D eigenvalue weighted by atomic mass is 9.93. The first-order valence-corrected chi connectivity index (χ1v) is 12.1. The summed E-state index contributed by atoms with van der Waals surface area (Å²) in [6, 6.07) is 13.1. The first-order valence-electron chi connectivity index (χ1n) is 12.1. The van der Waals surface area contributed by atoms with Crippen molar-refractivity contribution in [1.82, 2.24) is 4.90 Å². The van der Waals surface area contributed by atoms with Gasteiger partial charge in [0.25, 0.3) is 0 Å². The molecule has 0 saturated heterocycles. The summed E-state index contributed by atoms with van der Waals surface area (Å²) in [5.74, 6) is 0.283. The number of halogens is 3. The molecule has 0 unspecified atom stereocenters. The first kappa shape index (κ1) is 27.5. The molecular weight excluding hydrogens is 511 g/mol. The molecule has 9 heteroatoms. The van der Waals surface area contributed by atoms with Gasteiger partial charge < -0.3 is 18.8 Å². The predicted octanol–water partition coefficient (Wildman–Crippen LogP) is 6.09. The van der Waals surface area contributed by atoms with E-state index in [1.54, 1.807) is 48.6 Å². The van der Waals surface area contributed by atoms with Crippen LogP contribution >= 0.6 is 0 Å². The molecule has 1 aliphatic rings. The molecule has 4 rings (SSSR count). The van der Waals surface area contributed by atoms with Gasteiger partial charge in [0.15, 0.2) is 0 Å². The predicted molar refractivity (Wildman–Crippen MR) is 139 cm³/mol. The number of esters is 1. The number of alkyl halides is 3. The Kier molecular flexibility index (Phi) is 8.70. The SMILES string of the molecule is COC(=O)[C@@H]1Cc2ccc(OC/C=C/C=C/c3ccc(C(F)(F)F)cc3)cc2CN1C(=O)/C=C/c1ccco1. The van der Waals surface area contributed by atoms with Crippen LogP contribution in [0, 0.1) is 0 Å². The van der Waals surface area contributed by atoms with Crippen LogP contribution in [-0.4, -0.2) is 36.5 Å². The highest BCUT2D eigenvalue weighted by molar-refractivity contribution is 5.94. The van der Waals surface area contributed by atoms with Gasteiger partial charge in [0.05, 0.1) is 18.9 Å². The van der Waals surface area contributed by atoms with E-state index in [9.17, 15) is 22.8 Å². The quantitative estimate of drug-likeness (QED) is 0.198. The van der Waals surface area contributed by atoms with E-state index >= 15 is 0 Å². The number of ether oxygens (including phenoxy) is 2. The van der Waals surface area contributed by atoms with Crippen LogP contribution in [0.25, 0.3) is 12.2 Å². The van der Waals surface area contributed by atoms with Crippen LogP contribution in [0.3, 0.4) is 0 Å². The minimum absolute atomic E-state index is 0.208. The molecule has 2 aromatic carbocycles. The zero-order valence-corrected chi connectivity index (χ0v) is 21.1. The molecule has 1 amide bonds. The maximum absolute atomic E-state index is 12.9. The third kappa shape index (κ3) is 7.28. The zero-order chi connectivity index (χ0) is 27.8. The second-order valence-corrected chi connectivity index (χ2v) is 8.71. The van der Waals surface area contributed by atoms with Gasteiger partial charge in [-0.15, -0.1) is 0 Å². The van der Waals surface area contributed by atoms with Gasteiger partial charge in [0.2, 0.25) is 5.91 Å². The van der Waals surface area contributed by atoms with Crippen molar-refractivity contribution in [2.75, 3.05) is 13.7 Å². The molecule has 1 aromatic heterocycles. The number of carbonyl (C=O) groups excluding carboxylic acids is 2. The molecule has 1 aliphatic heterocycles. The Morgan fingerprint density at radius 1 is 1.05 bits per heavy atom. The second-order valence-electron chi connectivity index (χ2n) is 8.71. The van der Waals surface area contributed by atoms with Crippen molar-refractivity contribution in [1.29, 1.82) is 0 Å². The van der Waals surface area contributed by atoms with Crippen molar-refractivity contribution in [3.63, 3.8) is 0 Å². The third-order valence-corrected chi connectivity index (χ3v) is 6.12. The number of hydrogen-bond donors (Lipinski definition) is 0. The minimum atomic E-state index is -4.36. The molecule has 3 aromatic rings. The van der Waals surface area contributed by atoms with Gasteiger partial charge in [0, 0.05) is 19.0 Å². The summed E-state index contributed by atoms with van der Waals surface area (Å²) in [5, 5.41) is 0. The van der Waals surface area contributed by atoms with Crippen LogP contribution in [0.5, 0.6) is 5.75 Å². The number of rotatable bonds is 8. The largest absolute Gasteiger partial charge is 0.490 e. The molecular formula is C30H26F3NO5. The van der Waals surface area contributed by atoms with Crippen LogP contribution in [0.4, 0.5) is 13.2 Å². The van der Waals surface area contributed by atoms with E-state index in [1.807, 2.05) is 12.1 Å². The van der Waals surface area contributed by atoms with Gasteiger partial charge in [-0.05, 0) is 65.2 Å². The van der Waals surface area contributed by atoms with Crippen molar-refractivity contribution in [3.8, 4) is 5.75 Å². The Morgan fingerprint density at radius 2 is 1.85 bits per heavy atom. The van der Waals surface area contributed by atoms with E-state index in [0.29, 0.717) is 23.5 Å². The second kappa shape index (κ2) is 12.3. The first-order chi connectivity index (χ1) is 18.7. The molecule has 6 nitrogen and oxygen atoms in total. The fourth-order valence-electron chi connectivity index (χ4n) is 4.09. The lowest BCUT2D eigenvalue weighted by Crippen LogP contribution is -2.48. The summed E-state index contributed by atoms with van der Waals surface area (Å²) in [6.07, 6.45) is 7.29. The van der Waals surface area contributed by atoms with Crippen molar-refractivity contribution in [2.45, 2.75) is 25.2 Å². The van der Waals surface area contributed by atoms with E-state index in [1.165, 1.54) is 36.5 Å². The Hall–Kier alpha value is -4.53. The average Bonchev–Trinajstić information content (AvgIpc) is 3.46. The van der Waals surface area contributed by atoms with Crippen LogP contribution in [0.15, 0.2) is 89.6 Å². The van der Waals surface area contributed by atoms with Crippen molar-refractivity contribution >= 4 is 24.0 Å². The number of fused-ring (bicyclic) bond motifs is 1. The summed E-state index contributed by atoms with van der Waals surface area (Å²) in [7, 11) is 1.29. The Balaban J connectivity index is 1.37. The number of carbonyl (C=O) groups is 2. The number of hydrogen-bond acceptors (Lipinski definition) is 5. The van der Waals surface area contributed by atoms with E-state index in [-0.39, 0.29) is 19.1 Å². The molecule has 0 saturated carbocycles. The van der Waals surface area contributed by atoms with Gasteiger partial charge in [-0.25, -0.2) is 4.79 Å². The van der Waals surface area contributed by atoms with E-state index in [4.69, 9.17) is 13.9 Å². The fraction of sp³-hybridized carbons (Fsp3) is 0.200. The van der Waals surface area contributed by atoms with Crippen LogP contribution in [0.2, 0.25) is 0 Å². The fourth-order valence-corrected chi connectivity index (χ4v) is 4.09. The molecule has 39 heavy (non-hydrogen) atoms. The van der Waals surface area contributed by atoms with Gasteiger partial charge >= 0.3 is 12.1 Å². The lowest BCUT2D eigenvalue weighted by molar-refractivity contribution is -0.152. The van der Waals surface area contributed by atoms with Crippen molar-refractivity contribution in [2.24, 2.45) is 0 Å². The zero-order valence-electron chi connectivity index (χ0n) is 21.1. The topological polar surface area (TPSA) is 69.0 Å². The Labute approximate surface area is 223 Å². The van der Waals surface area contributed by atoms with Gasteiger partial charge in [-0.3, -0.25) is 4.79 Å². The smallest absolute Gasteiger partial charge is 0.416 e. The van der Waals surface area contributed by atoms with Gasteiger partial charge in [0.1, 0.15) is 24.2 Å². The highest BCUT2D eigenvalue weighted by Gasteiger charge is 2.35. The summed E-state index contributed by atoms with van der Waals surface area (Å²) in [5.41, 5.74) is 1.74. The van der Waals surface area contributed by atoms with Crippen molar-refractivity contribution in [3.05, 3.63) is 113 Å². The number of allylic oxidation sites excluding steroid dienone is 2. The summed E-state index contributed by atoms with van der Waals surface area (Å²) < 4.78 is 53.9. The molecule has 0 radical (unpaired) electrons. The summed E-state index contributed by atoms with van der Waals surface area (Å²) >= 11 is 0. The average molecular weight is 538 g/mol. The molecule has 0 fully saturated rings. The number of furan rings is 1. The molecule has 2 heterocycles. The van der Waals surface area contributed by atoms with E-state index < -0.39 is 23.8 Å². The number of amides is 1. The molecule has 0 aliphatic carbocycles. The van der Waals surface area contributed by atoms with E-state index in [0.717, 1.165) is 23.3 Å². The minimum Gasteiger partial charge on any atom is -0.490 e. The maximum atomic E-state index is 12.9. The molecule has 1 atom stereocenters. The Morgan fingerprint density at radius 3 is 2.54 bits per heavy atom. The standard InChI is InChI=1S/C30H26F3NO5/c1-37-29(36)27-19-22-10-13-26(18-23(22)20-34(27)28(35)15-14-25-7-5-17-38-25)39-16-4-2-3-6-21-8-11-24(12-9-21)30(31,32)33/h2-15,17-18,27H,16,19-20H2,1H3/b4-2+,6-3+,15-14+/t27-/m0/s1. The summed E-state index contributed by atoms with van der Waals surface area (Å²) in [4.78, 5) is 26.8. The molecule has 0 N–H and O–H groups in total. The molecule has 0 bridgehead atoms. The van der Waals surface area contributed by atoms with Crippen molar-refractivity contribution < 1.29 is 36.7 Å². The normalized spacial score (nSPS) is 15.7. The number of benzene rings is 2. The molecule has 202 valence electrons. The number of nitrogens with zero attached hydrogens (tertiary/aromatic N) is 1. The third-order valence-electron chi connectivity index (χ3n) is 6.12. The van der Waals surface area contributed by atoms with E-state index in [2.05, 4.69) is 0 Å². The highest BCUT2D eigenvalue weighted by Crippen LogP contribution is 2.30. The maximum Gasteiger partial charge on any atom is 0.416 e. The monoisotopic (exact) mass is 537 g/mol. The van der Waals surface area contributed by atoms with Crippen LogP contribution in [-0.2, 0) is 33.5 Å². The number of methoxy groups -OCH3 is 1. The van der Waals surface area contributed by atoms with Crippen LogP contribution < -0.4 is 4.74 Å². The van der Waals surface area contributed by atoms with Gasteiger partial charge in [-0.1, -0.05) is 36.4 Å². The summed E-state index contributed by atoms with van der Waals surface area (Å²) in [6.45, 7) is 0.467. The molecule has 0 spiro atoms. The lowest BCUT2D eigenvalue weighted by Gasteiger charge is -2.34. The van der Waals surface area contributed by atoms with Gasteiger partial charge in [-0.2, -0.15) is 13.2 Å². The Bertz CT molecular complexity index is 1370. The van der Waals surface area contributed by atoms with Crippen LogP contribution in [0.1, 0.15) is 28.0 Å².